The highest BCUT2D eigenvalue weighted by Crippen LogP contribution is 2.15. The molecule has 5 nitrogen and oxygen atoms in total. The molecule has 0 aliphatic rings. The monoisotopic (exact) mass is 554 g/mol. The Hall–Kier alpha value is -1.10. The number of rotatable bonds is 29. The van der Waals surface area contributed by atoms with Crippen LogP contribution in [-0.2, 0) is 19.1 Å². The molecule has 1 N–H and O–H groups in total. The molecule has 0 saturated carbocycles. The van der Waals surface area contributed by atoms with E-state index in [-0.39, 0.29) is 25.2 Å². The van der Waals surface area contributed by atoms with Gasteiger partial charge >= 0.3 is 11.9 Å². The molecule has 0 amide bonds. The summed E-state index contributed by atoms with van der Waals surface area (Å²) in [7, 11) is 0. The van der Waals surface area contributed by atoms with Gasteiger partial charge in [0.15, 0.2) is 0 Å². The maximum atomic E-state index is 11.9. The molecular formula is C34H66O5. The minimum absolute atomic E-state index is 0.110. The first-order valence-electron chi connectivity index (χ1n) is 16.8. The third-order valence-corrected chi connectivity index (χ3v) is 7.45. The van der Waals surface area contributed by atoms with Crippen LogP contribution in [0.1, 0.15) is 175 Å². The molecule has 0 fully saturated rings. The summed E-state index contributed by atoms with van der Waals surface area (Å²) in [5, 5.41) is 9.95. The van der Waals surface area contributed by atoms with Crippen LogP contribution in [0.4, 0.5) is 0 Å². The molecule has 1 atom stereocenters. The van der Waals surface area contributed by atoms with Gasteiger partial charge in [0, 0.05) is 12.8 Å². The Morgan fingerprint density at radius 1 is 0.462 bits per heavy atom. The van der Waals surface area contributed by atoms with E-state index >= 15 is 0 Å². The van der Waals surface area contributed by atoms with Crippen molar-refractivity contribution in [1.82, 2.24) is 0 Å². The van der Waals surface area contributed by atoms with Crippen molar-refractivity contribution >= 4 is 11.9 Å². The van der Waals surface area contributed by atoms with Crippen molar-refractivity contribution in [2.45, 2.75) is 181 Å². The van der Waals surface area contributed by atoms with Gasteiger partial charge in [-0.1, -0.05) is 150 Å². The third-order valence-electron chi connectivity index (χ3n) is 7.45. The van der Waals surface area contributed by atoms with E-state index in [1.54, 1.807) is 0 Å². The summed E-state index contributed by atoms with van der Waals surface area (Å²) in [6.45, 7) is 8.94. The Balaban J connectivity index is 3.42. The first-order valence-corrected chi connectivity index (χ1v) is 16.8. The van der Waals surface area contributed by atoms with Crippen LogP contribution in [0, 0.1) is 11.8 Å². The highest BCUT2D eigenvalue weighted by Gasteiger charge is 2.12. The van der Waals surface area contributed by atoms with Gasteiger partial charge in [0.05, 0.1) is 0 Å². The molecule has 0 rings (SSSR count). The van der Waals surface area contributed by atoms with Crippen LogP contribution in [0.15, 0.2) is 0 Å². The number of hydrogen-bond donors (Lipinski definition) is 1. The zero-order valence-corrected chi connectivity index (χ0v) is 26.5. The average molecular weight is 555 g/mol. The number of carbonyl (C=O) groups excluding carboxylic acids is 2. The van der Waals surface area contributed by atoms with E-state index in [1.165, 1.54) is 103 Å². The number of ether oxygens (including phenoxy) is 2. The van der Waals surface area contributed by atoms with E-state index < -0.39 is 6.10 Å². The third kappa shape index (κ3) is 31.3. The second kappa shape index (κ2) is 28.4. The summed E-state index contributed by atoms with van der Waals surface area (Å²) >= 11 is 0. The Bertz CT molecular complexity index is 546. The van der Waals surface area contributed by atoms with Gasteiger partial charge in [-0.3, -0.25) is 9.59 Å². The smallest absolute Gasteiger partial charge is 0.305 e. The topological polar surface area (TPSA) is 72.8 Å². The van der Waals surface area contributed by atoms with Crippen LogP contribution in [0.2, 0.25) is 0 Å². The standard InChI is InChI=1S/C34H66O5/c1-30(2)24-20-16-12-8-6-5-7-9-14-18-22-26-33(36)38-28-32(35)29-39-34(37)27-23-19-15-11-10-13-17-21-25-31(3)4/h30-32,35H,5-29H2,1-4H3/t32-/m0/s1. The van der Waals surface area contributed by atoms with Crippen molar-refractivity contribution in [3.63, 3.8) is 0 Å². The van der Waals surface area contributed by atoms with Crippen LogP contribution in [0.3, 0.4) is 0 Å². The summed E-state index contributed by atoms with van der Waals surface area (Å²) in [5.41, 5.74) is 0. The predicted molar refractivity (Wildman–Crippen MR) is 164 cm³/mol. The van der Waals surface area contributed by atoms with E-state index in [9.17, 15) is 14.7 Å². The van der Waals surface area contributed by atoms with Crippen molar-refractivity contribution in [3.05, 3.63) is 0 Å². The molecule has 0 aromatic carbocycles. The van der Waals surface area contributed by atoms with Gasteiger partial charge in [-0.2, -0.15) is 0 Å². The lowest BCUT2D eigenvalue weighted by atomic mass is 10.0. The molecular weight excluding hydrogens is 488 g/mol. The molecule has 0 aromatic rings. The summed E-state index contributed by atoms with van der Waals surface area (Å²) in [6, 6.07) is 0. The molecule has 0 aromatic heterocycles. The van der Waals surface area contributed by atoms with Gasteiger partial charge in [-0.15, -0.1) is 0 Å². The summed E-state index contributed by atoms with van der Waals surface area (Å²) in [4.78, 5) is 23.8. The van der Waals surface area contributed by atoms with Crippen LogP contribution in [0.5, 0.6) is 0 Å². The average Bonchev–Trinajstić information content (AvgIpc) is 2.89. The summed E-state index contributed by atoms with van der Waals surface area (Å²) < 4.78 is 10.3. The second-order valence-corrected chi connectivity index (χ2v) is 12.6. The van der Waals surface area contributed by atoms with Crippen molar-refractivity contribution in [2.75, 3.05) is 13.2 Å². The SMILES string of the molecule is CC(C)CCCCCCCCCCCCCC(=O)OC[C@H](O)COC(=O)CCCCCCCCCCC(C)C. The Kier molecular flexibility index (Phi) is 27.6. The highest BCUT2D eigenvalue weighted by atomic mass is 16.6. The van der Waals surface area contributed by atoms with Gasteiger partial charge in [0.2, 0.25) is 0 Å². The molecule has 5 heteroatoms. The molecule has 0 aliphatic heterocycles. The van der Waals surface area contributed by atoms with Crippen LogP contribution in [-0.4, -0.2) is 36.4 Å². The zero-order chi connectivity index (χ0) is 29.0. The van der Waals surface area contributed by atoms with E-state index in [4.69, 9.17) is 9.47 Å². The molecule has 0 heterocycles. The largest absolute Gasteiger partial charge is 0.463 e. The van der Waals surface area contributed by atoms with E-state index in [0.29, 0.717) is 12.8 Å². The number of aliphatic hydroxyl groups is 1. The second-order valence-electron chi connectivity index (χ2n) is 12.6. The number of aliphatic hydroxyl groups excluding tert-OH is 1. The predicted octanol–water partition coefficient (Wildman–Crippen LogP) is 9.72. The van der Waals surface area contributed by atoms with Gasteiger partial charge in [-0.25, -0.2) is 0 Å². The van der Waals surface area contributed by atoms with E-state index in [1.807, 2.05) is 0 Å². The van der Waals surface area contributed by atoms with Crippen molar-refractivity contribution in [1.29, 1.82) is 0 Å². The molecule has 0 unspecified atom stereocenters. The molecule has 232 valence electrons. The van der Waals surface area contributed by atoms with Gasteiger partial charge in [-0.05, 0) is 24.7 Å². The molecule has 0 radical (unpaired) electrons. The minimum Gasteiger partial charge on any atom is -0.463 e. The fourth-order valence-corrected chi connectivity index (χ4v) is 4.87. The Morgan fingerprint density at radius 2 is 0.718 bits per heavy atom. The number of carbonyl (C=O) groups is 2. The fourth-order valence-electron chi connectivity index (χ4n) is 4.87. The zero-order valence-electron chi connectivity index (χ0n) is 26.5. The molecule has 0 aliphatic carbocycles. The maximum absolute atomic E-state index is 11.9. The van der Waals surface area contributed by atoms with Crippen LogP contribution >= 0.6 is 0 Å². The lowest BCUT2D eigenvalue weighted by Gasteiger charge is -2.12. The van der Waals surface area contributed by atoms with Gasteiger partial charge in [0.1, 0.15) is 19.3 Å². The summed E-state index contributed by atoms with van der Waals surface area (Å²) in [5.74, 6) is 1.08. The lowest BCUT2D eigenvalue weighted by Crippen LogP contribution is -2.25. The Morgan fingerprint density at radius 3 is 1.00 bits per heavy atom. The first kappa shape index (κ1) is 37.9. The quantitative estimate of drug-likeness (QED) is 0.0736. The lowest BCUT2D eigenvalue weighted by molar-refractivity contribution is -0.152. The van der Waals surface area contributed by atoms with E-state index in [2.05, 4.69) is 27.7 Å². The number of hydrogen-bond acceptors (Lipinski definition) is 5. The number of esters is 2. The van der Waals surface area contributed by atoms with Crippen molar-refractivity contribution in [3.8, 4) is 0 Å². The first-order chi connectivity index (χ1) is 18.8. The molecule has 0 spiro atoms. The Labute approximate surface area is 242 Å². The maximum Gasteiger partial charge on any atom is 0.305 e. The van der Waals surface area contributed by atoms with E-state index in [0.717, 1.165) is 43.9 Å². The highest BCUT2D eigenvalue weighted by molar-refractivity contribution is 5.69. The van der Waals surface area contributed by atoms with Gasteiger partial charge < -0.3 is 14.6 Å². The molecule has 0 saturated heterocycles. The van der Waals surface area contributed by atoms with Crippen LogP contribution < -0.4 is 0 Å². The minimum atomic E-state index is -0.955. The van der Waals surface area contributed by atoms with Crippen LogP contribution in [0.25, 0.3) is 0 Å². The van der Waals surface area contributed by atoms with Crippen molar-refractivity contribution in [2.24, 2.45) is 11.8 Å². The fraction of sp³-hybridized carbons (Fsp3) is 0.941. The van der Waals surface area contributed by atoms with Crippen molar-refractivity contribution < 1.29 is 24.2 Å². The molecule has 39 heavy (non-hydrogen) atoms. The summed E-state index contributed by atoms with van der Waals surface area (Å²) in [6.07, 6.45) is 25.8. The van der Waals surface area contributed by atoms with Gasteiger partial charge in [0.25, 0.3) is 0 Å². The normalized spacial score (nSPS) is 12.3. The molecule has 0 bridgehead atoms. The number of unbranched alkanes of at least 4 members (excludes halogenated alkanes) is 17.